The number of amides is 1. The molecule has 0 spiro atoms. The van der Waals surface area contributed by atoms with Gasteiger partial charge in [0, 0.05) is 13.0 Å². The summed E-state index contributed by atoms with van der Waals surface area (Å²) < 4.78 is 5.06. The smallest absolute Gasteiger partial charge is 0.220 e. The third-order valence-corrected chi connectivity index (χ3v) is 2.41. The van der Waals surface area contributed by atoms with Gasteiger partial charge in [0.1, 0.15) is 5.75 Å². The zero-order valence-electron chi connectivity index (χ0n) is 9.95. The van der Waals surface area contributed by atoms with Gasteiger partial charge in [0.05, 0.1) is 7.11 Å². The molecule has 1 N–H and O–H groups in total. The van der Waals surface area contributed by atoms with Crippen LogP contribution in [0.3, 0.4) is 0 Å². The zero-order valence-corrected chi connectivity index (χ0v) is 9.95. The van der Waals surface area contributed by atoms with Crippen LogP contribution in [0.4, 0.5) is 0 Å². The number of nitrogens with one attached hydrogen (secondary N) is 1. The van der Waals surface area contributed by atoms with Gasteiger partial charge in [-0.25, -0.2) is 0 Å². The first-order chi connectivity index (χ1) is 7.76. The Kier molecular flexibility index (Phi) is 5.40. The van der Waals surface area contributed by atoms with Crippen molar-refractivity contribution < 1.29 is 9.53 Å². The second-order valence-electron chi connectivity index (χ2n) is 3.73. The van der Waals surface area contributed by atoms with E-state index < -0.39 is 0 Å². The van der Waals surface area contributed by atoms with E-state index in [0.717, 1.165) is 24.2 Å². The Morgan fingerprint density at radius 2 is 2.00 bits per heavy atom. The summed E-state index contributed by atoms with van der Waals surface area (Å²) in [6.45, 7) is 2.67. The van der Waals surface area contributed by atoms with Crippen molar-refractivity contribution >= 4 is 5.91 Å². The molecule has 1 aromatic carbocycles. The predicted octanol–water partition coefficient (Wildman–Crippen LogP) is 2.50. The summed E-state index contributed by atoms with van der Waals surface area (Å²) in [4.78, 5) is 11.4. The van der Waals surface area contributed by atoms with Crippen LogP contribution >= 0.6 is 0 Å². The van der Waals surface area contributed by atoms with Crippen LogP contribution in [0.2, 0.25) is 0 Å². The van der Waals surface area contributed by atoms with E-state index in [1.165, 1.54) is 0 Å². The molecule has 0 aliphatic rings. The van der Waals surface area contributed by atoms with Crippen LogP contribution < -0.4 is 10.1 Å². The number of unbranched alkanes of at least 4 members (excludes halogenated alkanes) is 1. The fourth-order valence-corrected chi connectivity index (χ4v) is 1.37. The summed E-state index contributed by atoms with van der Waals surface area (Å²) in [6.07, 6.45) is 2.62. The number of methoxy groups -OCH3 is 1. The third-order valence-electron chi connectivity index (χ3n) is 2.41. The van der Waals surface area contributed by atoms with Crippen molar-refractivity contribution in [2.75, 3.05) is 7.11 Å². The minimum absolute atomic E-state index is 0.123. The van der Waals surface area contributed by atoms with Crippen LogP contribution in [-0.2, 0) is 11.3 Å². The van der Waals surface area contributed by atoms with Crippen LogP contribution in [0.15, 0.2) is 24.3 Å². The number of benzene rings is 1. The fourth-order valence-electron chi connectivity index (χ4n) is 1.37. The molecule has 0 aliphatic carbocycles. The summed E-state index contributed by atoms with van der Waals surface area (Å²) in [6, 6.07) is 7.71. The number of carbonyl (C=O) groups excluding carboxylic acids is 1. The molecule has 3 heteroatoms. The molecule has 0 aliphatic heterocycles. The quantitative estimate of drug-likeness (QED) is 0.801. The average Bonchev–Trinajstić information content (AvgIpc) is 2.34. The number of rotatable bonds is 6. The van der Waals surface area contributed by atoms with Crippen molar-refractivity contribution in [1.29, 1.82) is 0 Å². The normalized spacial score (nSPS) is 9.88. The van der Waals surface area contributed by atoms with Gasteiger partial charge in [-0.05, 0) is 24.1 Å². The van der Waals surface area contributed by atoms with E-state index in [4.69, 9.17) is 4.74 Å². The number of carbonyl (C=O) groups is 1. The van der Waals surface area contributed by atoms with E-state index in [-0.39, 0.29) is 5.91 Å². The monoisotopic (exact) mass is 221 g/mol. The second kappa shape index (κ2) is 6.88. The van der Waals surface area contributed by atoms with Crippen LogP contribution in [-0.4, -0.2) is 13.0 Å². The standard InChI is InChI=1S/C13H19NO2/c1-3-4-5-13(15)14-10-11-6-8-12(16-2)9-7-11/h6-9H,3-5,10H2,1-2H3,(H,14,15). The van der Waals surface area contributed by atoms with Gasteiger partial charge in [0.25, 0.3) is 0 Å². The first-order valence-corrected chi connectivity index (χ1v) is 5.66. The van der Waals surface area contributed by atoms with Crippen LogP contribution in [0.5, 0.6) is 5.75 Å². The molecule has 0 heterocycles. The molecule has 3 nitrogen and oxygen atoms in total. The molecule has 0 aromatic heterocycles. The van der Waals surface area contributed by atoms with E-state index in [9.17, 15) is 4.79 Å². The molecule has 88 valence electrons. The molecule has 0 saturated heterocycles. The van der Waals surface area contributed by atoms with Crippen molar-refractivity contribution in [3.63, 3.8) is 0 Å². The lowest BCUT2D eigenvalue weighted by molar-refractivity contribution is -0.121. The summed E-state index contributed by atoms with van der Waals surface area (Å²) in [5.41, 5.74) is 1.09. The van der Waals surface area contributed by atoms with Gasteiger partial charge in [0.2, 0.25) is 5.91 Å². The van der Waals surface area contributed by atoms with Crippen molar-refractivity contribution in [1.82, 2.24) is 5.32 Å². The largest absolute Gasteiger partial charge is 0.497 e. The van der Waals surface area contributed by atoms with Gasteiger partial charge >= 0.3 is 0 Å². The lowest BCUT2D eigenvalue weighted by atomic mass is 10.2. The highest BCUT2D eigenvalue weighted by atomic mass is 16.5. The highest BCUT2D eigenvalue weighted by Gasteiger charge is 2.00. The Morgan fingerprint density at radius 3 is 2.56 bits per heavy atom. The summed E-state index contributed by atoms with van der Waals surface area (Å²) in [5.74, 6) is 0.957. The number of hydrogen-bond acceptors (Lipinski definition) is 2. The fraction of sp³-hybridized carbons (Fsp3) is 0.462. The Morgan fingerprint density at radius 1 is 1.31 bits per heavy atom. The van der Waals surface area contributed by atoms with E-state index in [1.807, 2.05) is 24.3 Å². The molecule has 0 saturated carbocycles. The first kappa shape index (κ1) is 12.6. The molecule has 0 atom stereocenters. The number of ether oxygens (including phenoxy) is 1. The molecular formula is C13H19NO2. The van der Waals surface area contributed by atoms with Crippen LogP contribution in [0.25, 0.3) is 0 Å². The number of hydrogen-bond donors (Lipinski definition) is 1. The SMILES string of the molecule is CCCCC(=O)NCc1ccc(OC)cc1. The average molecular weight is 221 g/mol. The lowest BCUT2D eigenvalue weighted by Gasteiger charge is -2.05. The van der Waals surface area contributed by atoms with E-state index >= 15 is 0 Å². The van der Waals surface area contributed by atoms with Crippen molar-refractivity contribution in [2.45, 2.75) is 32.7 Å². The summed E-state index contributed by atoms with van der Waals surface area (Å²) in [7, 11) is 1.64. The highest BCUT2D eigenvalue weighted by molar-refractivity contribution is 5.75. The van der Waals surface area contributed by atoms with Crippen molar-refractivity contribution in [2.24, 2.45) is 0 Å². The van der Waals surface area contributed by atoms with Gasteiger partial charge in [0.15, 0.2) is 0 Å². The maximum absolute atomic E-state index is 11.4. The lowest BCUT2D eigenvalue weighted by Crippen LogP contribution is -2.22. The molecule has 0 unspecified atom stereocenters. The Balaban J connectivity index is 2.33. The molecule has 0 fully saturated rings. The first-order valence-electron chi connectivity index (χ1n) is 5.66. The molecule has 1 amide bonds. The second-order valence-corrected chi connectivity index (χ2v) is 3.73. The van der Waals surface area contributed by atoms with Crippen LogP contribution in [0.1, 0.15) is 31.7 Å². The summed E-state index contributed by atoms with van der Waals surface area (Å²) in [5, 5.41) is 2.89. The Labute approximate surface area is 96.8 Å². The molecule has 1 rings (SSSR count). The van der Waals surface area contributed by atoms with Gasteiger partial charge in [-0.1, -0.05) is 25.5 Å². The van der Waals surface area contributed by atoms with Crippen LogP contribution in [0, 0.1) is 0 Å². The maximum Gasteiger partial charge on any atom is 0.220 e. The third kappa shape index (κ3) is 4.34. The van der Waals surface area contributed by atoms with E-state index in [2.05, 4.69) is 12.2 Å². The van der Waals surface area contributed by atoms with Crippen molar-refractivity contribution in [3.8, 4) is 5.75 Å². The van der Waals surface area contributed by atoms with Crippen molar-refractivity contribution in [3.05, 3.63) is 29.8 Å². The maximum atomic E-state index is 11.4. The minimum Gasteiger partial charge on any atom is -0.497 e. The van der Waals surface area contributed by atoms with E-state index in [1.54, 1.807) is 7.11 Å². The Hall–Kier alpha value is -1.51. The van der Waals surface area contributed by atoms with E-state index in [0.29, 0.717) is 13.0 Å². The minimum atomic E-state index is 0.123. The predicted molar refractivity (Wildman–Crippen MR) is 64.4 cm³/mol. The molecule has 16 heavy (non-hydrogen) atoms. The molecule has 0 bridgehead atoms. The molecule has 1 aromatic rings. The van der Waals surface area contributed by atoms with Gasteiger partial charge < -0.3 is 10.1 Å². The van der Waals surface area contributed by atoms with Gasteiger partial charge in [-0.15, -0.1) is 0 Å². The Bertz CT molecular complexity index is 319. The molecular weight excluding hydrogens is 202 g/mol. The molecule has 0 radical (unpaired) electrons. The topological polar surface area (TPSA) is 38.3 Å². The van der Waals surface area contributed by atoms with Gasteiger partial charge in [-0.3, -0.25) is 4.79 Å². The zero-order chi connectivity index (χ0) is 11.8. The highest BCUT2D eigenvalue weighted by Crippen LogP contribution is 2.10. The van der Waals surface area contributed by atoms with Gasteiger partial charge in [-0.2, -0.15) is 0 Å². The summed E-state index contributed by atoms with van der Waals surface area (Å²) >= 11 is 0.